The molecule has 0 radical (unpaired) electrons. The van der Waals surface area contributed by atoms with Gasteiger partial charge in [-0.3, -0.25) is 0 Å². The Kier molecular flexibility index (Phi) is 4.69. The minimum absolute atomic E-state index is 0.112. The van der Waals surface area contributed by atoms with Crippen molar-refractivity contribution in [1.29, 1.82) is 0 Å². The normalized spacial score (nSPS) is 10.2. The highest BCUT2D eigenvalue weighted by Crippen LogP contribution is 2.19. The number of rotatable bonds is 5. The van der Waals surface area contributed by atoms with Crippen molar-refractivity contribution < 1.29 is 23.0 Å². The van der Waals surface area contributed by atoms with Crippen molar-refractivity contribution in [3.63, 3.8) is 0 Å². The molecule has 0 aliphatic rings. The van der Waals surface area contributed by atoms with Crippen molar-refractivity contribution in [2.75, 3.05) is 13.2 Å². The maximum Gasteiger partial charge on any atom is 0.341 e. The molecule has 0 aliphatic carbocycles. The van der Waals surface area contributed by atoms with Gasteiger partial charge in [-0.25, -0.2) is 13.6 Å². The lowest BCUT2D eigenvalue weighted by Crippen LogP contribution is -2.11. The summed E-state index contributed by atoms with van der Waals surface area (Å²) >= 11 is 0. The fraction of sp³-hybridized carbons (Fsp3) is 0.364. The van der Waals surface area contributed by atoms with Crippen LogP contribution in [0.3, 0.4) is 0 Å². The highest BCUT2D eigenvalue weighted by Gasteiger charge is 2.14. The van der Waals surface area contributed by atoms with Gasteiger partial charge in [-0.2, -0.15) is 0 Å². The van der Waals surface area contributed by atoms with E-state index in [-0.39, 0.29) is 17.9 Å². The highest BCUT2D eigenvalue weighted by atomic mass is 19.3. The van der Waals surface area contributed by atoms with Crippen LogP contribution in [0.15, 0.2) is 24.3 Å². The maximum atomic E-state index is 12.0. The monoisotopic (exact) mass is 230 g/mol. The molecule has 0 saturated carbocycles. The van der Waals surface area contributed by atoms with Gasteiger partial charge in [0.05, 0.1) is 6.61 Å². The Morgan fingerprint density at radius 1 is 1.38 bits per heavy atom. The summed E-state index contributed by atoms with van der Waals surface area (Å²) in [5.74, 6) is -0.464. The molecular formula is C11H12F2O3. The summed E-state index contributed by atoms with van der Waals surface area (Å²) in [6.45, 7) is 1.15. The molecule has 5 heteroatoms. The van der Waals surface area contributed by atoms with E-state index in [2.05, 4.69) is 0 Å². The third kappa shape index (κ3) is 3.49. The van der Waals surface area contributed by atoms with Gasteiger partial charge in [0, 0.05) is 0 Å². The molecule has 16 heavy (non-hydrogen) atoms. The molecule has 0 bridgehead atoms. The van der Waals surface area contributed by atoms with Gasteiger partial charge in [0.1, 0.15) is 17.9 Å². The number of esters is 1. The summed E-state index contributed by atoms with van der Waals surface area (Å²) in [5, 5.41) is 0. The molecule has 0 aliphatic heterocycles. The maximum absolute atomic E-state index is 12.0. The number of halogens is 2. The molecule has 0 heterocycles. The predicted octanol–water partition coefficient (Wildman–Crippen LogP) is 2.51. The molecule has 0 spiro atoms. The Labute approximate surface area is 92.0 Å². The van der Waals surface area contributed by atoms with Gasteiger partial charge >= 0.3 is 5.97 Å². The second-order valence-corrected chi connectivity index (χ2v) is 2.92. The third-order valence-corrected chi connectivity index (χ3v) is 1.75. The third-order valence-electron chi connectivity index (χ3n) is 1.75. The van der Waals surface area contributed by atoms with Crippen molar-refractivity contribution in [1.82, 2.24) is 0 Å². The first-order chi connectivity index (χ1) is 7.65. The van der Waals surface area contributed by atoms with Gasteiger partial charge in [-0.15, -0.1) is 0 Å². The van der Waals surface area contributed by atoms with Crippen LogP contribution in [0.25, 0.3) is 0 Å². The Bertz CT molecular complexity index is 353. The lowest BCUT2D eigenvalue weighted by atomic mass is 10.2. The van der Waals surface area contributed by atoms with Crippen LogP contribution in [0.5, 0.6) is 5.75 Å². The average Bonchev–Trinajstić information content (AvgIpc) is 2.27. The van der Waals surface area contributed by atoms with E-state index in [9.17, 15) is 13.6 Å². The largest absolute Gasteiger partial charge is 0.487 e. The fourth-order valence-corrected chi connectivity index (χ4v) is 1.12. The first-order valence-corrected chi connectivity index (χ1v) is 4.82. The molecule has 0 fully saturated rings. The molecule has 1 aromatic rings. The summed E-state index contributed by atoms with van der Waals surface area (Å²) < 4.78 is 33.5. The van der Waals surface area contributed by atoms with Gasteiger partial charge in [-0.05, 0) is 19.1 Å². The number of para-hydroxylation sites is 1. The molecule has 0 N–H and O–H groups in total. The predicted molar refractivity (Wildman–Crippen MR) is 53.9 cm³/mol. The summed E-state index contributed by atoms with van der Waals surface area (Å²) in [5.41, 5.74) is 0.157. The van der Waals surface area contributed by atoms with Gasteiger partial charge in [-0.1, -0.05) is 12.1 Å². The van der Waals surface area contributed by atoms with Crippen LogP contribution >= 0.6 is 0 Å². The van der Waals surface area contributed by atoms with Gasteiger partial charge in [0.2, 0.25) is 0 Å². The number of hydrogen-bond donors (Lipinski definition) is 0. The Morgan fingerprint density at radius 3 is 2.69 bits per heavy atom. The minimum Gasteiger partial charge on any atom is -0.487 e. The number of carbonyl (C=O) groups excluding carboxylic acids is 1. The van der Waals surface area contributed by atoms with Gasteiger partial charge in [0.25, 0.3) is 6.43 Å². The zero-order chi connectivity index (χ0) is 12.0. The molecule has 0 atom stereocenters. The zero-order valence-corrected chi connectivity index (χ0v) is 8.78. The van der Waals surface area contributed by atoms with E-state index in [0.29, 0.717) is 0 Å². The van der Waals surface area contributed by atoms with E-state index in [0.717, 1.165) is 0 Å². The van der Waals surface area contributed by atoms with Crippen LogP contribution < -0.4 is 4.74 Å². The lowest BCUT2D eigenvalue weighted by Gasteiger charge is -2.09. The molecular weight excluding hydrogens is 218 g/mol. The second kappa shape index (κ2) is 6.05. The van der Waals surface area contributed by atoms with Crippen LogP contribution in [0, 0.1) is 0 Å². The van der Waals surface area contributed by atoms with Gasteiger partial charge < -0.3 is 9.47 Å². The van der Waals surface area contributed by atoms with E-state index in [1.807, 2.05) is 0 Å². The van der Waals surface area contributed by atoms with Crippen LogP contribution in [-0.2, 0) is 4.74 Å². The summed E-state index contributed by atoms with van der Waals surface area (Å²) in [7, 11) is 0. The summed E-state index contributed by atoms with van der Waals surface area (Å²) in [6.07, 6.45) is -2.57. The van der Waals surface area contributed by atoms with Gasteiger partial charge in [0.15, 0.2) is 0 Å². The standard InChI is InChI=1S/C11H12F2O3/c1-2-15-11(14)8-5-3-4-6-9(8)16-7-10(12)13/h3-6,10H,2,7H2,1H3. The quantitative estimate of drug-likeness (QED) is 0.729. The van der Waals surface area contributed by atoms with Crippen molar-refractivity contribution in [3.8, 4) is 5.75 Å². The summed E-state index contributed by atoms with van der Waals surface area (Å²) in [4.78, 5) is 11.4. The Balaban J connectivity index is 2.78. The smallest absolute Gasteiger partial charge is 0.341 e. The van der Waals surface area contributed by atoms with E-state index >= 15 is 0 Å². The topological polar surface area (TPSA) is 35.5 Å². The van der Waals surface area contributed by atoms with Crippen LogP contribution in [0.1, 0.15) is 17.3 Å². The van der Waals surface area contributed by atoms with Crippen LogP contribution in [-0.4, -0.2) is 25.6 Å². The molecule has 0 aromatic heterocycles. The van der Waals surface area contributed by atoms with Crippen molar-refractivity contribution >= 4 is 5.97 Å². The first kappa shape index (κ1) is 12.4. The minimum atomic E-state index is -2.57. The zero-order valence-electron chi connectivity index (χ0n) is 8.78. The molecule has 0 unspecified atom stereocenters. The first-order valence-electron chi connectivity index (χ1n) is 4.82. The average molecular weight is 230 g/mol. The van der Waals surface area contributed by atoms with Crippen LogP contribution in [0.4, 0.5) is 8.78 Å². The van der Waals surface area contributed by atoms with E-state index in [1.165, 1.54) is 12.1 Å². The molecule has 3 nitrogen and oxygen atoms in total. The Hall–Kier alpha value is -1.65. The molecule has 1 aromatic carbocycles. The van der Waals surface area contributed by atoms with E-state index in [1.54, 1.807) is 19.1 Å². The summed E-state index contributed by atoms with van der Waals surface area (Å²) in [6, 6.07) is 6.14. The Morgan fingerprint density at radius 2 is 2.06 bits per heavy atom. The van der Waals surface area contributed by atoms with Crippen molar-refractivity contribution in [3.05, 3.63) is 29.8 Å². The molecule has 88 valence electrons. The molecule has 1 rings (SSSR count). The van der Waals surface area contributed by atoms with E-state index in [4.69, 9.17) is 9.47 Å². The molecule has 0 amide bonds. The van der Waals surface area contributed by atoms with Crippen LogP contribution in [0.2, 0.25) is 0 Å². The number of benzene rings is 1. The number of carbonyl (C=O) groups is 1. The van der Waals surface area contributed by atoms with E-state index < -0.39 is 19.0 Å². The number of hydrogen-bond acceptors (Lipinski definition) is 3. The fourth-order valence-electron chi connectivity index (χ4n) is 1.12. The van der Waals surface area contributed by atoms with Crippen molar-refractivity contribution in [2.45, 2.75) is 13.3 Å². The number of alkyl halides is 2. The SMILES string of the molecule is CCOC(=O)c1ccccc1OCC(F)F. The lowest BCUT2D eigenvalue weighted by molar-refractivity contribution is 0.0508. The molecule has 0 saturated heterocycles. The second-order valence-electron chi connectivity index (χ2n) is 2.92. The van der Waals surface area contributed by atoms with Crippen molar-refractivity contribution in [2.24, 2.45) is 0 Å². The highest BCUT2D eigenvalue weighted by molar-refractivity contribution is 5.92. The number of ether oxygens (including phenoxy) is 2.